The maximum Gasteiger partial charge on any atom is 0.195 e. The molecule has 0 fully saturated rings. The van der Waals surface area contributed by atoms with Gasteiger partial charge in [-0.25, -0.2) is 0 Å². The molecule has 0 amide bonds. The molecule has 0 aliphatic heterocycles. The third-order valence-electron chi connectivity index (χ3n) is 2.65. The van der Waals surface area contributed by atoms with Gasteiger partial charge in [-0.3, -0.25) is 4.99 Å². The summed E-state index contributed by atoms with van der Waals surface area (Å²) in [6, 6.07) is 1.22. The lowest BCUT2D eigenvalue weighted by Crippen LogP contribution is -2.38. The topological polar surface area (TPSA) is 37.3 Å². The van der Waals surface area contributed by atoms with Gasteiger partial charge in [0.1, 0.15) is 5.91 Å². The number of hydrogen-bond donors (Lipinski definition) is 0. The summed E-state index contributed by atoms with van der Waals surface area (Å²) in [7, 11) is 11.1. The Labute approximate surface area is 108 Å². The van der Waals surface area contributed by atoms with E-state index in [2.05, 4.69) is 16.9 Å². The molecular weight excluding hydrogens is 234 g/mol. The third-order valence-corrected chi connectivity index (χ3v) is 4.70. The van der Waals surface area contributed by atoms with E-state index >= 15 is 0 Å². The van der Waals surface area contributed by atoms with E-state index in [-0.39, 0.29) is 15.4 Å². The average molecular weight is 261 g/mol. The molecule has 102 valence electrons. The van der Waals surface area contributed by atoms with Crippen molar-refractivity contribution in [1.29, 1.82) is 0 Å². The highest BCUT2D eigenvalue weighted by atomic mass is 28.2. The molecule has 0 atom stereocenters. The molecule has 0 saturated carbocycles. The Morgan fingerprint density at radius 2 is 1.82 bits per heavy atom. The molecular formula is C11H27N3O2Si. The van der Waals surface area contributed by atoms with Crippen LogP contribution in [0.25, 0.3) is 0 Å². The van der Waals surface area contributed by atoms with Gasteiger partial charge in [0.25, 0.3) is 0 Å². The van der Waals surface area contributed by atoms with Crippen molar-refractivity contribution >= 4 is 15.5 Å². The first-order chi connectivity index (χ1) is 8.06. The molecule has 17 heavy (non-hydrogen) atoms. The van der Waals surface area contributed by atoms with Gasteiger partial charge in [0.2, 0.25) is 0 Å². The van der Waals surface area contributed by atoms with E-state index in [4.69, 9.17) is 9.47 Å². The Bertz CT molecular complexity index is 221. The van der Waals surface area contributed by atoms with Gasteiger partial charge in [-0.15, -0.1) is 0 Å². The molecule has 0 spiro atoms. The number of aliphatic imine (C=N–C) groups is 1. The molecule has 0 heterocycles. The summed E-state index contributed by atoms with van der Waals surface area (Å²) in [4.78, 5) is 8.48. The lowest BCUT2D eigenvalue weighted by Gasteiger charge is -2.26. The SMILES string of the molecule is CN=C(N(C)C)N(C)CCC[SiH2]C(OC)OC. The fourth-order valence-corrected chi connectivity index (χ4v) is 3.12. The zero-order valence-corrected chi connectivity index (χ0v) is 13.5. The smallest absolute Gasteiger partial charge is 0.195 e. The minimum absolute atomic E-state index is 0.0634. The number of nitrogens with zero attached hydrogens (tertiary/aromatic N) is 3. The zero-order valence-electron chi connectivity index (χ0n) is 12.1. The van der Waals surface area contributed by atoms with Crippen molar-refractivity contribution in [2.45, 2.75) is 18.4 Å². The normalized spacial score (nSPS) is 12.8. The Kier molecular flexibility index (Phi) is 9.11. The van der Waals surface area contributed by atoms with Crippen molar-refractivity contribution in [1.82, 2.24) is 9.80 Å². The Balaban J connectivity index is 3.81. The summed E-state index contributed by atoms with van der Waals surface area (Å²) >= 11 is 0. The maximum atomic E-state index is 5.21. The molecule has 0 radical (unpaired) electrons. The summed E-state index contributed by atoms with van der Waals surface area (Å²) < 4.78 is 10.4. The van der Waals surface area contributed by atoms with Crippen molar-refractivity contribution < 1.29 is 9.47 Å². The second kappa shape index (κ2) is 9.44. The van der Waals surface area contributed by atoms with Crippen LogP contribution in [0.15, 0.2) is 4.99 Å². The highest BCUT2D eigenvalue weighted by Gasteiger charge is 2.09. The van der Waals surface area contributed by atoms with Gasteiger partial charge in [0.15, 0.2) is 5.96 Å². The second-order valence-corrected chi connectivity index (χ2v) is 6.19. The van der Waals surface area contributed by atoms with Crippen LogP contribution < -0.4 is 0 Å². The minimum atomic E-state index is -0.293. The molecule has 0 saturated heterocycles. The van der Waals surface area contributed by atoms with Gasteiger partial charge in [-0.05, 0) is 6.42 Å². The Morgan fingerprint density at radius 1 is 1.24 bits per heavy atom. The number of ether oxygens (including phenoxy) is 2. The largest absolute Gasteiger partial charge is 0.360 e. The standard InChI is InChI=1S/C11H27N3O2Si/c1-12-10(13(2)3)14(4)8-7-9-17-11(15-5)16-6/h11H,7-9,17H2,1-6H3. The highest BCUT2D eigenvalue weighted by molar-refractivity contribution is 6.36. The molecule has 0 N–H and O–H groups in total. The Morgan fingerprint density at radius 3 is 2.24 bits per heavy atom. The summed E-state index contributed by atoms with van der Waals surface area (Å²) in [6.07, 6.45) is 1.17. The van der Waals surface area contributed by atoms with E-state index in [1.54, 1.807) is 14.2 Å². The fourth-order valence-electron chi connectivity index (χ4n) is 1.80. The first kappa shape index (κ1) is 16.4. The van der Waals surface area contributed by atoms with Crippen LogP contribution in [0.4, 0.5) is 0 Å². The molecule has 5 nitrogen and oxygen atoms in total. The summed E-state index contributed by atoms with van der Waals surface area (Å²) in [5, 5.41) is 0. The van der Waals surface area contributed by atoms with Crippen LogP contribution >= 0.6 is 0 Å². The monoisotopic (exact) mass is 261 g/mol. The van der Waals surface area contributed by atoms with Crippen molar-refractivity contribution in [2.24, 2.45) is 4.99 Å². The van der Waals surface area contributed by atoms with Gasteiger partial charge in [0, 0.05) is 49.0 Å². The van der Waals surface area contributed by atoms with Crippen molar-refractivity contribution in [3.63, 3.8) is 0 Å². The first-order valence-corrected chi connectivity index (χ1v) is 7.79. The second-order valence-electron chi connectivity index (χ2n) is 4.24. The Hall–Kier alpha value is -0.593. The molecule has 0 rings (SSSR count). The molecule has 0 aliphatic rings. The van der Waals surface area contributed by atoms with Crippen LogP contribution in [0.2, 0.25) is 6.04 Å². The van der Waals surface area contributed by atoms with Crippen LogP contribution in [0.3, 0.4) is 0 Å². The zero-order chi connectivity index (χ0) is 13.3. The van der Waals surface area contributed by atoms with Gasteiger partial charge in [-0.2, -0.15) is 0 Å². The van der Waals surface area contributed by atoms with Crippen LogP contribution in [-0.2, 0) is 9.47 Å². The summed E-state index contributed by atoms with van der Waals surface area (Å²) in [6.45, 7) is 1.03. The lowest BCUT2D eigenvalue weighted by atomic mass is 10.4. The molecule has 0 unspecified atom stereocenters. The predicted octanol–water partition coefficient (Wildman–Crippen LogP) is 0.0192. The lowest BCUT2D eigenvalue weighted by molar-refractivity contribution is -0.0441. The molecule has 0 aromatic carbocycles. The van der Waals surface area contributed by atoms with E-state index in [0.717, 1.165) is 12.5 Å². The van der Waals surface area contributed by atoms with E-state index < -0.39 is 0 Å². The van der Waals surface area contributed by atoms with Gasteiger partial charge >= 0.3 is 0 Å². The predicted molar refractivity (Wildman–Crippen MR) is 75.5 cm³/mol. The third kappa shape index (κ3) is 6.65. The van der Waals surface area contributed by atoms with E-state index in [1.807, 2.05) is 26.0 Å². The van der Waals surface area contributed by atoms with Crippen LogP contribution in [0.5, 0.6) is 0 Å². The molecule has 0 aromatic rings. The number of methoxy groups -OCH3 is 2. The summed E-state index contributed by atoms with van der Waals surface area (Å²) in [5.74, 6) is 1.08. The van der Waals surface area contributed by atoms with Gasteiger partial charge < -0.3 is 19.3 Å². The van der Waals surface area contributed by atoms with Gasteiger partial charge in [0.05, 0.1) is 9.52 Å². The quantitative estimate of drug-likeness (QED) is 0.213. The molecule has 0 bridgehead atoms. The van der Waals surface area contributed by atoms with Gasteiger partial charge in [-0.1, -0.05) is 6.04 Å². The highest BCUT2D eigenvalue weighted by Crippen LogP contribution is 2.00. The number of rotatable bonds is 7. The van der Waals surface area contributed by atoms with Crippen LogP contribution in [0, 0.1) is 0 Å². The van der Waals surface area contributed by atoms with E-state index in [1.165, 1.54) is 12.5 Å². The average Bonchev–Trinajstić information content (AvgIpc) is 2.29. The van der Waals surface area contributed by atoms with E-state index in [0.29, 0.717) is 0 Å². The maximum absolute atomic E-state index is 5.21. The van der Waals surface area contributed by atoms with Crippen LogP contribution in [0.1, 0.15) is 6.42 Å². The molecule has 0 aromatic heterocycles. The molecule has 0 aliphatic carbocycles. The minimum Gasteiger partial charge on any atom is -0.360 e. The van der Waals surface area contributed by atoms with Crippen molar-refractivity contribution in [3.05, 3.63) is 0 Å². The first-order valence-electron chi connectivity index (χ1n) is 5.97. The van der Waals surface area contributed by atoms with Crippen molar-refractivity contribution in [3.8, 4) is 0 Å². The van der Waals surface area contributed by atoms with Crippen LogP contribution in [-0.4, -0.2) is 80.1 Å². The van der Waals surface area contributed by atoms with E-state index in [9.17, 15) is 0 Å². The summed E-state index contributed by atoms with van der Waals surface area (Å²) in [5.41, 5.74) is 0. The molecule has 6 heteroatoms. The fraction of sp³-hybridized carbons (Fsp3) is 0.909. The van der Waals surface area contributed by atoms with Crippen molar-refractivity contribution in [2.75, 3.05) is 49.0 Å². The number of hydrogen-bond acceptors (Lipinski definition) is 3. The number of guanidine groups is 1.